The highest BCUT2D eigenvalue weighted by Gasteiger charge is 2.16. The number of ether oxygens (including phenoxy) is 1. The van der Waals surface area contributed by atoms with Gasteiger partial charge in [-0.3, -0.25) is 14.2 Å². The van der Waals surface area contributed by atoms with Crippen LogP contribution in [0.25, 0.3) is 10.9 Å². The van der Waals surface area contributed by atoms with E-state index in [9.17, 15) is 9.59 Å². The van der Waals surface area contributed by atoms with Crippen molar-refractivity contribution >= 4 is 40.2 Å². The Morgan fingerprint density at radius 1 is 1.06 bits per heavy atom. The molecule has 0 bridgehead atoms. The molecule has 4 aromatic rings. The highest BCUT2D eigenvalue weighted by Crippen LogP contribution is 2.21. The van der Waals surface area contributed by atoms with Crippen molar-refractivity contribution in [2.45, 2.75) is 18.2 Å². The number of nitrogens with zero attached hydrogens (tertiary/aromatic N) is 3. The van der Waals surface area contributed by atoms with E-state index < -0.39 is 0 Å². The van der Waals surface area contributed by atoms with E-state index in [-0.39, 0.29) is 17.2 Å². The Kier molecular flexibility index (Phi) is 7.55. The fourth-order valence-corrected chi connectivity index (χ4v) is 4.70. The first-order valence-corrected chi connectivity index (χ1v) is 12.0. The number of carbonyl (C=O) groups excluding carboxylic acids is 1. The summed E-state index contributed by atoms with van der Waals surface area (Å²) >= 11 is 7.32. The Morgan fingerprint density at radius 3 is 2.56 bits per heavy atom. The first-order valence-electron chi connectivity index (χ1n) is 10.7. The summed E-state index contributed by atoms with van der Waals surface area (Å²) in [7, 11) is 3.37. The largest absolute Gasteiger partial charge is 0.497 e. The fourth-order valence-electron chi connectivity index (χ4n) is 3.54. The van der Waals surface area contributed by atoms with E-state index in [1.54, 1.807) is 35.8 Å². The monoisotopic (exact) mass is 493 g/mol. The number of methoxy groups -OCH3 is 1. The molecule has 0 saturated carbocycles. The molecule has 0 N–H and O–H groups in total. The van der Waals surface area contributed by atoms with Gasteiger partial charge in [-0.1, -0.05) is 59.8 Å². The highest BCUT2D eigenvalue weighted by molar-refractivity contribution is 7.99. The van der Waals surface area contributed by atoms with Crippen molar-refractivity contribution in [3.63, 3.8) is 0 Å². The molecular formula is C26H24ClN3O3S. The van der Waals surface area contributed by atoms with Crippen LogP contribution in [0.4, 0.5) is 0 Å². The average molecular weight is 494 g/mol. The van der Waals surface area contributed by atoms with Gasteiger partial charge in [-0.2, -0.15) is 0 Å². The number of rotatable bonds is 8. The van der Waals surface area contributed by atoms with Crippen LogP contribution in [-0.2, 0) is 17.9 Å². The van der Waals surface area contributed by atoms with Gasteiger partial charge in [-0.25, -0.2) is 4.98 Å². The first-order chi connectivity index (χ1) is 16.4. The zero-order valence-electron chi connectivity index (χ0n) is 18.9. The van der Waals surface area contributed by atoms with Gasteiger partial charge in [0.25, 0.3) is 5.56 Å². The van der Waals surface area contributed by atoms with Crippen molar-refractivity contribution in [2.24, 2.45) is 0 Å². The number of halogens is 1. The zero-order valence-corrected chi connectivity index (χ0v) is 20.5. The van der Waals surface area contributed by atoms with Gasteiger partial charge in [0.05, 0.1) is 30.3 Å². The molecule has 0 spiro atoms. The van der Waals surface area contributed by atoms with Crippen LogP contribution in [0.15, 0.2) is 82.7 Å². The van der Waals surface area contributed by atoms with Gasteiger partial charge in [0, 0.05) is 18.6 Å². The summed E-state index contributed by atoms with van der Waals surface area (Å²) in [6, 6.07) is 22.2. The Labute approximate surface area is 207 Å². The third-order valence-electron chi connectivity index (χ3n) is 5.39. The molecule has 0 atom stereocenters. The molecule has 0 saturated heterocycles. The molecule has 1 amide bonds. The highest BCUT2D eigenvalue weighted by atomic mass is 35.5. The molecule has 1 heterocycles. The van der Waals surface area contributed by atoms with Crippen LogP contribution in [0, 0.1) is 0 Å². The number of para-hydroxylation sites is 1. The Hall–Kier alpha value is -3.29. The number of aromatic nitrogens is 2. The van der Waals surface area contributed by atoms with E-state index in [1.807, 2.05) is 60.7 Å². The average Bonchev–Trinajstić information content (AvgIpc) is 2.85. The fraction of sp³-hybridized carbons (Fsp3) is 0.192. The van der Waals surface area contributed by atoms with Crippen LogP contribution >= 0.6 is 23.4 Å². The van der Waals surface area contributed by atoms with Gasteiger partial charge in [-0.15, -0.1) is 0 Å². The molecule has 3 aromatic carbocycles. The number of fused-ring (bicyclic) bond motifs is 1. The summed E-state index contributed by atoms with van der Waals surface area (Å²) < 4.78 is 6.85. The minimum atomic E-state index is -0.136. The maximum Gasteiger partial charge on any atom is 0.262 e. The molecule has 0 unspecified atom stereocenters. The SMILES string of the molecule is COc1ccc(Cn2c(SCC(=O)N(C)Cc3cccc(Cl)c3)nc3ccccc3c2=O)cc1. The normalized spacial score (nSPS) is 10.9. The lowest BCUT2D eigenvalue weighted by molar-refractivity contribution is -0.127. The molecule has 6 nitrogen and oxygen atoms in total. The zero-order chi connectivity index (χ0) is 24.1. The lowest BCUT2D eigenvalue weighted by Crippen LogP contribution is -2.29. The number of hydrogen-bond donors (Lipinski definition) is 0. The number of carbonyl (C=O) groups is 1. The second kappa shape index (κ2) is 10.8. The molecule has 0 radical (unpaired) electrons. The predicted octanol–water partition coefficient (Wildman–Crippen LogP) is 4.86. The van der Waals surface area contributed by atoms with Crippen molar-refractivity contribution in [2.75, 3.05) is 19.9 Å². The topological polar surface area (TPSA) is 64.4 Å². The molecule has 4 rings (SSSR count). The van der Waals surface area contributed by atoms with Crippen molar-refractivity contribution < 1.29 is 9.53 Å². The number of amides is 1. The molecular weight excluding hydrogens is 470 g/mol. The molecule has 34 heavy (non-hydrogen) atoms. The standard InChI is InChI=1S/C26H24ClN3O3S/c1-29(15-19-6-5-7-20(27)14-19)24(31)17-34-26-28-23-9-4-3-8-22(23)25(32)30(26)16-18-10-12-21(33-2)13-11-18/h3-14H,15-17H2,1-2H3. The summed E-state index contributed by atoms with van der Waals surface area (Å²) in [6.45, 7) is 0.791. The third kappa shape index (κ3) is 5.61. The smallest absolute Gasteiger partial charge is 0.262 e. The molecule has 0 aliphatic carbocycles. The van der Waals surface area contributed by atoms with Crippen LogP contribution in [0.3, 0.4) is 0 Å². The van der Waals surface area contributed by atoms with Gasteiger partial charge in [0.1, 0.15) is 5.75 Å². The minimum absolute atomic E-state index is 0.0663. The maximum absolute atomic E-state index is 13.3. The van der Waals surface area contributed by atoms with Crippen LogP contribution in [0.5, 0.6) is 5.75 Å². The summed E-state index contributed by atoms with van der Waals surface area (Å²) in [5, 5.41) is 1.68. The summed E-state index contributed by atoms with van der Waals surface area (Å²) in [4.78, 5) is 32.5. The number of thioether (sulfide) groups is 1. The lowest BCUT2D eigenvalue weighted by Gasteiger charge is -2.18. The second-order valence-corrected chi connectivity index (χ2v) is 9.20. The molecule has 8 heteroatoms. The maximum atomic E-state index is 13.3. The molecule has 0 fully saturated rings. The summed E-state index contributed by atoms with van der Waals surface area (Å²) in [5.74, 6) is 0.837. The van der Waals surface area contributed by atoms with Gasteiger partial charge >= 0.3 is 0 Å². The van der Waals surface area contributed by atoms with E-state index >= 15 is 0 Å². The summed E-state index contributed by atoms with van der Waals surface area (Å²) in [6.07, 6.45) is 0. The van der Waals surface area contributed by atoms with E-state index in [2.05, 4.69) is 0 Å². The van der Waals surface area contributed by atoms with Gasteiger partial charge in [-0.05, 0) is 47.5 Å². The van der Waals surface area contributed by atoms with Crippen molar-refractivity contribution in [3.05, 3.63) is 99.3 Å². The second-order valence-electron chi connectivity index (χ2n) is 7.82. The van der Waals surface area contributed by atoms with E-state index in [0.717, 1.165) is 16.9 Å². The predicted molar refractivity (Wildman–Crippen MR) is 137 cm³/mol. The van der Waals surface area contributed by atoms with Crippen LogP contribution in [0.1, 0.15) is 11.1 Å². The van der Waals surface area contributed by atoms with E-state index in [1.165, 1.54) is 11.8 Å². The van der Waals surface area contributed by atoms with E-state index in [4.69, 9.17) is 21.3 Å². The van der Waals surface area contributed by atoms with Crippen molar-refractivity contribution in [1.82, 2.24) is 14.5 Å². The number of benzene rings is 3. The quantitative estimate of drug-likeness (QED) is 0.259. The van der Waals surface area contributed by atoms with Gasteiger partial charge in [0.2, 0.25) is 5.91 Å². The van der Waals surface area contributed by atoms with Crippen molar-refractivity contribution in [1.29, 1.82) is 0 Å². The van der Waals surface area contributed by atoms with Crippen molar-refractivity contribution in [3.8, 4) is 5.75 Å². The first kappa shape index (κ1) is 23.9. The lowest BCUT2D eigenvalue weighted by atomic mass is 10.2. The Morgan fingerprint density at radius 2 is 1.82 bits per heavy atom. The third-order valence-corrected chi connectivity index (χ3v) is 6.58. The van der Waals surface area contributed by atoms with Gasteiger partial charge < -0.3 is 9.64 Å². The molecule has 1 aromatic heterocycles. The van der Waals surface area contributed by atoms with Crippen LogP contribution in [0.2, 0.25) is 5.02 Å². The van der Waals surface area contributed by atoms with Crippen LogP contribution in [-0.4, -0.2) is 40.3 Å². The summed E-state index contributed by atoms with van der Waals surface area (Å²) in [5.41, 5.74) is 2.36. The van der Waals surface area contributed by atoms with Gasteiger partial charge in [0.15, 0.2) is 5.16 Å². The molecule has 0 aliphatic heterocycles. The molecule has 0 aliphatic rings. The Balaban J connectivity index is 1.57. The Bertz CT molecular complexity index is 1370. The van der Waals surface area contributed by atoms with E-state index in [0.29, 0.717) is 34.2 Å². The minimum Gasteiger partial charge on any atom is -0.497 e. The number of hydrogen-bond acceptors (Lipinski definition) is 5. The van der Waals surface area contributed by atoms with Crippen LogP contribution < -0.4 is 10.3 Å². The molecule has 174 valence electrons.